The minimum absolute atomic E-state index is 0.385. The zero-order valence-electron chi connectivity index (χ0n) is 11.3. The van der Waals surface area contributed by atoms with Crippen LogP contribution in [0.2, 0.25) is 0 Å². The van der Waals surface area contributed by atoms with E-state index in [9.17, 15) is 0 Å². The van der Waals surface area contributed by atoms with Crippen LogP contribution >= 0.6 is 0 Å². The Kier molecular flexibility index (Phi) is 3.65. The van der Waals surface area contributed by atoms with Gasteiger partial charge in [0, 0.05) is 7.11 Å². The number of benzene rings is 2. The summed E-state index contributed by atoms with van der Waals surface area (Å²) in [5.74, 6) is 1.15. The van der Waals surface area contributed by atoms with Crippen molar-refractivity contribution in [2.45, 2.75) is 30.8 Å². The Hall–Kier alpha value is -1.60. The first-order valence-corrected chi connectivity index (χ1v) is 7.01. The predicted octanol–water partition coefficient (Wildman–Crippen LogP) is 4.36. The Bertz CT molecular complexity index is 458. The molecule has 3 rings (SSSR count). The molecule has 1 aliphatic rings. The van der Waals surface area contributed by atoms with Gasteiger partial charge in [0.05, 0.1) is 6.10 Å². The number of hydrogen-bond donors (Lipinski definition) is 0. The van der Waals surface area contributed by atoms with Gasteiger partial charge in [0.25, 0.3) is 0 Å². The maximum absolute atomic E-state index is 5.61. The van der Waals surface area contributed by atoms with Gasteiger partial charge in [-0.25, -0.2) is 0 Å². The van der Waals surface area contributed by atoms with Gasteiger partial charge in [0.15, 0.2) is 0 Å². The molecule has 2 aromatic carbocycles. The zero-order valence-corrected chi connectivity index (χ0v) is 11.3. The van der Waals surface area contributed by atoms with Crippen molar-refractivity contribution in [1.29, 1.82) is 0 Å². The molecule has 1 nitrogen and oxygen atoms in total. The first-order valence-electron chi connectivity index (χ1n) is 7.01. The van der Waals surface area contributed by atoms with Crippen molar-refractivity contribution in [3.05, 3.63) is 71.8 Å². The van der Waals surface area contributed by atoms with E-state index in [-0.39, 0.29) is 0 Å². The van der Waals surface area contributed by atoms with E-state index in [0.29, 0.717) is 17.9 Å². The third kappa shape index (κ3) is 2.57. The number of rotatable bonds is 3. The molecule has 1 aliphatic carbocycles. The van der Waals surface area contributed by atoms with Crippen LogP contribution in [-0.2, 0) is 4.74 Å². The summed E-state index contributed by atoms with van der Waals surface area (Å²) in [5.41, 5.74) is 2.88. The fourth-order valence-electron chi connectivity index (χ4n) is 3.32. The quantitative estimate of drug-likeness (QED) is 0.788. The first kappa shape index (κ1) is 12.4. The monoisotopic (exact) mass is 252 g/mol. The lowest BCUT2D eigenvalue weighted by Gasteiger charge is -2.20. The average molecular weight is 252 g/mol. The highest BCUT2D eigenvalue weighted by molar-refractivity contribution is 5.30. The van der Waals surface area contributed by atoms with Gasteiger partial charge in [-0.3, -0.25) is 0 Å². The second-order valence-corrected chi connectivity index (χ2v) is 5.36. The third-order valence-electron chi connectivity index (χ3n) is 4.31. The molecular formula is C18H20O. The lowest BCUT2D eigenvalue weighted by Crippen LogP contribution is -2.04. The van der Waals surface area contributed by atoms with Crippen LogP contribution < -0.4 is 0 Å². The number of hydrogen-bond acceptors (Lipinski definition) is 1. The molecule has 1 saturated carbocycles. The summed E-state index contributed by atoms with van der Waals surface area (Å²) >= 11 is 0. The van der Waals surface area contributed by atoms with Crippen molar-refractivity contribution in [1.82, 2.24) is 0 Å². The van der Waals surface area contributed by atoms with Gasteiger partial charge in [-0.2, -0.15) is 0 Å². The lowest BCUT2D eigenvalue weighted by atomic mass is 9.84. The van der Waals surface area contributed by atoms with E-state index in [1.165, 1.54) is 11.1 Å². The van der Waals surface area contributed by atoms with Crippen molar-refractivity contribution in [3.8, 4) is 0 Å². The number of methoxy groups -OCH3 is 1. The van der Waals surface area contributed by atoms with Crippen molar-refractivity contribution in [2.24, 2.45) is 0 Å². The fraction of sp³-hybridized carbons (Fsp3) is 0.333. The highest BCUT2D eigenvalue weighted by atomic mass is 16.5. The van der Waals surface area contributed by atoms with E-state index in [2.05, 4.69) is 60.7 Å². The lowest BCUT2D eigenvalue weighted by molar-refractivity contribution is 0.107. The van der Waals surface area contributed by atoms with Gasteiger partial charge in [0.1, 0.15) is 0 Å². The van der Waals surface area contributed by atoms with E-state index in [0.717, 1.165) is 12.8 Å². The van der Waals surface area contributed by atoms with Crippen LogP contribution in [0.5, 0.6) is 0 Å². The van der Waals surface area contributed by atoms with Gasteiger partial charge in [0.2, 0.25) is 0 Å². The molecule has 0 heterocycles. The summed E-state index contributed by atoms with van der Waals surface area (Å²) in [4.78, 5) is 0. The molecule has 0 aromatic heterocycles. The zero-order chi connectivity index (χ0) is 13.1. The molecule has 2 aromatic rings. The van der Waals surface area contributed by atoms with E-state index < -0.39 is 0 Å². The summed E-state index contributed by atoms with van der Waals surface area (Å²) in [6.07, 6.45) is 2.63. The molecule has 2 unspecified atom stereocenters. The second-order valence-electron chi connectivity index (χ2n) is 5.36. The maximum Gasteiger partial charge on any atom is 0.0583 e. The predicted molar refractivity (Wildman–Crippen MR) is 78.4 cm³/mol. The minimum atomic E-state index is 0.385. The van der Waals surface area contributed by atoms with Crippen LogP contribution in [0.1, 0.15) is 35.8 Å². The van der Waals surface area contributed by atoms with Gasteiger partial charge in [-0.1, -0.05) is 60.7 Å². The Morgan fingerprint density at radius 1 is 0.737 bits per heavy atom. The van der Waals surface area contributed by atoms with Crippen LogP contribution in [0, 0.1) is 0 Å². The Morgan fingerprint density at radius 3 is 1.53 bits per heavy atom. The summed E-state index contributed by atoms with van der Waals surface area (Å²) < 4.78 is 5.61. The first-order chi connectivity index (χ1) is 9.38. The molecular weight excluding hydrogens is 232 g/mol. The third-order valence-corrected chi connectivity index (χ3v) is 4.31. The van der Waals surface area contributed by atoms with Crippen molar-refractivity contribution in [3.63, 3.8) is 0 Å². The minimum Gasteiger partial charge on any atom is -0.381 e. The van der Waals surface area contributed by atoms with E-state index in [1.54, 1.807) is 0 Å². The molecule has 0 aliphatic heterocycles. The Labute approximate surface area is 115 Å². The van der Waals surface area contributed by atoms with Crippen LogP contribution in [0.25, 0.3) is 0 Å². The fourth-order valence-corrected chi connectivity index (χ4v) is 3.32. The van der Waals surface area contributed by atoms with E-state index in [1.807, 2.05) is 7.11 Å². The maximum atomic E-state index is 5.61. The van der Waals surface area contributed by atoms with Gasteiger partial charge in [-0.05, 0) is 35.8 Å². The SMILES string of the molecule is COC1CC(c2ccccc2)C(c2ccccc2)C1. The smallest absolute Gasteiger partial charge is 0.0583 e. The van der Waals surface area contributed by atoms with E-state index in [4.69, 9.17) is 4.74 Å². The van der Waals surface area contributed by atoms with Crippen molar-refractivity contribution in [2.75, 3.05) is 7.11 Å². The molecule has 0 bridgehead atoms. The van der Waals surface area contributed by atoms with Crippen molar-refractivity contribution < 1.29 is 4.74 Å². The van der Waals surface area contributed by atoms with E-state index >= 15 is 0 Å². The molecule has 0 saturated heterocycles. The van der Waals surface area contributed by atoms with Gasteiger partial charge < -0.3 is 4.74 Å². The average Bonchev–Trinajstić information content (AvgIpc) is 2.93. The molecule has 0 amide bonds. The molecule has 0 N–H and O–H groups in total. The molecule has 0 radical (unpaired) electrons. The van der Waals surface area contributed by atoms with Gasteiger partial charge in [-0.15, -0.1) is 0 Å². The summed E-state index contributed by atoms with van der Waals surface area (Å²) in [7, 11) is 1.83. The molecule has 98 valence electrons. The highest BCUT2D eigenvalue weighted by Crippen LogP contribution is 2.46. The molecule has 1 heteroatoms. The summed E-state index contributed by atoms with van der Waals surface area (Å²) in [6.45, 7) is 0. The molecule has 19 heavy (non-hydrogen) atoms. The van der Waals surface area contributed by atoms with Crippen molar-refractivity contribution >= 4 is 0 Å². The van der Waals surface area contributed by atoms with Gasteiger partial charge >= 0.3 is 0 Å². The molecule has 2 atom stereocenters. The Morgan fingerprint density at radius 2 is 1.16 bits per heavy atom. The largest absolute Gasteiger partial charge is 0.381 e. The van der Waals surface area contributed by atoms with Crippen LogP contribution in [0.15, 0.2) is 60.7 Å². The normalized spacial score (nSPS) is 26.5. The Balaban J connectivity index is 1.92. The highest BCUT2D eigenvalue weighted by Gasteiger charge is 2.35. The molecule has 0 spiro atoms. The number of ether oxygens (including phenoxy) is 1. The standard InChI is InChI=1S/C18H20O/c1-19-16-12-17(14-8-4-2-5-9-14)18(13-16)15-10-6-3-7-11-15/h2-11,16-18H,12-13H2,1H3. The van der Waals surface area contributed by atoms with Crippen LogP contribution in [-0.4, -0.2) is 13.2 Å². The van der Waals surface area contributed by atoms with Crippen LogP contribution in [0.3, 0.4) is 0 Å². The topological polar surface area (TPSA) is 9.23 Å². The second kappa shape index (κ2) is 5.58. The summed E-state index contributed by atoms with van der Waals surface area (Å²) in [5, 5.41) is 0. The van der Waals surface area contributed by atoms with Crippen LogP contribution in [0.4, 0.5) is 0 Å². The molecule has 1 fully saturated rings. The summed E-state index contributed by atoms with van der Waals surface area (Å²) in [6, 6.07) is 21.7.